The summed E-state index contributed by atoms with van der Waals surface area (Å²) in [6, 6.07) is 0. The van der Waals surface area contributed by atoms with Crippen LogP contribution >= 0.6 is 0 Å². The summed E-state index contributed by atoms with van der Waals surface area (Å²) in [5, 5.41) is 8.55. The molecule has 2 heteroatoms. The Morgan fingerprint density at radius 1 is 1.30 bits per heavy atom. The largest absolute Gasteiger partial charge is 0.396 e. The van der Waals surface area contributed by atoms with E-state index in [1.807, 2.05) is 13.8 Å². The lowest BCUT2D eigenvalue weighted by Crippen LogP contribution is -2.12. The minimum atomic E-state index is 0.266. The Hall–Kier alpha value is -0.0800. The topological polar surface area (TPSA) is 29.5 Å². The highest BCUT2D eigenvalue weighted by Crippen LogP contribution is 2.02. The van der Waals surface area contributed by atoms with E-state index in [1.165, 1.54) is 0 Å². The van der Waals surface area contributed by atoms with Crippen molar-refractivity contribution in [3.63, 3.8) is 0 Å². The Morgan fingerprint density at radius 2 is 1.90 bits per heavy atom. The number of hydrogen-bond acceptors (Lipinski definition) is 2. The first-order valence-corrected chi connectivity index (χ1v) is 3.89. The van der Waals surface area contributed by atoms with Gasteiger partial charge in [-0.25, -0.2) is 0 Å². The maximum absolute atomic E-state index is 8.55. The zero-order valence-corrected chi connectivity index (χ0v) is 7.13. The minimum Gasteiger partial charge on any atom is -0.396 e. The first-order chi connectivity index (χ1) is 4.66. The molecule has 0 aromatic carbocycles. The molecule has 0 aliphatic heterocycles. The summed E-state index contributed by atoms with van der Waals surface area (Å²) in [5.74, 6) is 0.479. The first kappa shape index (κ1) is 9.92. The molecule has 1 N–H and O–H groups in total. The SMILES string of the molecule is CC(CCO)COC(C)C. The van der Waals surface area contributed by atoms with Gasteiger partial charge in [-0.1, -0.05) is 6.92 Å². The van der Waals surface area contributed by atoms with Crippen LogP contribution < -0.4 is 0 Å². The van der Waals surface area contributed by atoms with Gasteiger partial charge >= 0.3 is 0 Å². The van der Waals surface area contributed by atoms with E-state index in [2.05, 4.69) is 6.92 Å². The van der Waals surface area contributed by atoms with E-state index < -0.39 is 0 Å². The van der Waals surface area contributed by atoms with Crippen LogP contribution in [0.3, 0.4) is 0 Å². The van der Waals surface area contributed by atoms with Gasteiger partial charge in [0.05, 0.1) is 6.10 Å². The van der Waals surface area contributed by atoms with Gasteiger partial charge in [-0.05, 0) is 26.2 Å². The Labute approximate surface area is 63.2 Å². The van der Waals surface area contributed by atoms with E-state index in [9.17, 15) is 0 Å². The molecule has 0 radical (unpaired) electrons. The molecule has 0 aliphatic rings. The number of hydrogen-bond donors (Lipinski definition) is 1. The van der Waals surface area contributed by atoms with Crippen LogP contribution in [0.5, 0.6) is 0 Å². The fourth-order valence-corrected chi connectivity index (χ4v) is 0.660. The van der Waals surface area contributed by atoms with E-state index in [0.717, 1.165) is 13.0 Å². The normalized spacial score (nSPS) is 14.1. The van der Waals surface area contributed by atoms with E-state index in [-0.39, 0.29) is 6.61 Å². The van der Waals surface area contributed by atoms with Gasteiger partial charge in [-0.3, -0.25) is 0 Å². The predicted octanol–water partition coefficient (Wildman–Crippen LogP) is 1.43. The van der Waals surface area contributed by atoms with Gasteiger partial charge < -0.3 is 9.84 Å². The quantitative estimate of drug-likeness (QED) is 0.635. The first-order valence-electron chi connectivity index (χ1n) is 3.89. The van der Waals surface area contributed by atoms with Crippen molar-refractivity contribution in [3.05, 3.63) is 0 Å². The molecular weight excluding hydrogens is 128 g/mol. The molecule has 0 heterocycles. The smallest absolute Gasteiger partial charge is 0.0519 e. The molecule has 0 fully saturated rings. The Balaban J connectivity index is 3.12. The average molecular weight is 146 g/mol. The summed E-state index contributed by atoms with van der Waals surface area (Å²) < 4.78 is 5.35. The molecule has 10 heavy (non-hydrogen) atoms. The van der Waals surface area contributed by atoms with Gasteiger partial charge in [0.1, 0.15) is 0 Å². The zero-order chi connectivity index (χ0) is 7.98. The summed E-state index contributed by atoms with van der Waals surface area (Å²) in [4.78, 5) is 0. The average Bonchev–Trinajstić information content (AvgIpc) is 1.85. The van der Waals surface area contributed by atoms with Crippen molar-refractivity contribution in [1.29, 1.82) is 0 Å². The summed E-state index contributed by atoms with van der Waals surface area (Å²) in [5.41, 5.74) is 0. The molecule has 0 saturated heterocycles. The van der Waals surface area contributed by atoms with Crippen molar-refractivity contribution in [1.82, 2.24) is 0 Å². The Kier molecular flexibility index (Phi) is 5.64. The molecule has 0 amide bonds. The number of aliphatic hydroxyl groups is 1. The minimum absolute atomic E-state index is 0.266. The summed E-state index contributed by atoms with van der Waals surface area (Å²) in [6.45, 7) is 7.15. The standard InChI is InChI=1S/C8H18O2/c1-7(2)10-6-8(3)4-5-9/h7-9H,4-6H2,1-3H3. The van der Waals surface area contributed by atoms with E-state index in [0.29, 0.717) is 12.0 Å². The van der Waals surface area contributed by atoms with Gasteiger partial charge in [0.15, 0.2) is 0 Å². The van der Waals surface area contributed by atoms with Gasteiger partial charge in [-0.2, -0.15) is 0 Å². The lowest BCUT2D eigenvalue weighted by atomic mass is 10.1. The maximum Gasteiger partial charge on any atom is 0.0519 e. The molecular formula is C8H18O2. The third-order valence-electron chi connectivity index (χ3n) is 1.34. The lowest BCUT2D eigenvalue weighted by molar-refractivity contribution is 0.0489. The summed E-state index contributed by atoms with van der Waals surface area (Å²) in [7, 11) is 0. The van der Waals surface area contributed by atoms with Crippen molar-refractivity contribution < 1.29 is 9.84 Å². The van der Waals surface area contributed by atoms with Gasteiger partial charge in [-0.15, -0.1) is 0 Å². The van der Waals surface area contributed by atoms with Crippen LogP contribution in [0.25, 0.3) is 0 Å². The molecule has 0 aliphatic carbocycles. The maximum atomic E-state index is 8.55. The van der Waals surface area contributed by atoms with Crippen LogP contribution in [0.1, 0.15) is 27.2 Å². The molecule has 0 bridgehead atoms. The Bertz CT molecular complexity index is 71.7. The zero-order valence-electron chi connectivity index (χ0n) is 7.13. The van der Waals surface area contributed by atoms with Crippen LogP contribution in [0.15, 0.2) is 0 Å². The van der Waals surface area contributed by atoms with Crippen molar-refractivity contribution in [3.8, 4) is 0 Å². The van der Waals surface area contributed by atoms with Crippen molar-refractivity contribution in [2.45, 2.75) is 33.3 Å². The number of rotatable bonds is 5. The second-order valence-electron chi connectivity index (χ2n) is 3.00. The molecule has 0 spiro atoms. The van der Waals surface area contributed by atoms with Gasteiger partial charge in [0.25, 0.3) is 0 Å². The third-order valence-corrected chi connectivity index (χ3v) is 1.34. The highest BCUT2D eigenvalue weighted by Gasteiger charge is 2.01. The van der Waals surface area contributed by atoms with Crippen LogP contribution in [-0.4, -0.2) is 24.4 Å². The molecule has 0 saturated carbocycles. The monoisotopic (exact) mass is 146 g/mol. The van der Waals surface area contributed by atoms with E-state index in [4.69, 9.17) is 9.84 Å². The molecule has 0 aromatic rings. The van der Waals surface area contributed by atoms with Gasteiger partial charge in [0, 0.05) is 13.2 Å². The van der Waals surface area contributed by atoms with Crippen LogP contribution in [0.2, 0.25) is 0 Å². The second-order valence-corrected chi connectivity index (χ2v) is 3.00. The number of ether oxygens (including phenoxy) is 1. The summed E-state index contributed by atoms with van der Waals surface area (Å²) >= 11 is 0. The fraction of sp³-hybridized carbons (Fsp3) is 1.00. The second kappa shape index (κ2) is 5.69. The highest BCUT2D eigenvalue weighted by atomic mass is 16.5. The van der Waals surface area contributed by atoms with Gasteiger partial charge in [0.2, 0.25) is 0 Å². The summed E-state index contributed by atoms with van der Waals surface area (Å²) in [6.07, 6.45) is 1.15. The number of aliphatic hydroxyl groups excluding tert-OH is 1. The lowest BCUT2D eigenvalue weighted by Gasteiger charge is -2.12. The van der Waals surface area contributed by atoms with Crippen molar-refractivity contribution >= 4 is 0 Å². The van der Waals surface area contributed by atoms with Crippen molar-refractivity contribution in [2.24, 2.45) is 5.92 Å². The predicted molar refractivity (Wildman–Crippen MR) is 42.0 cm³/mol. The fourth-order valence-electron chi connectivity index (χ4n) is 0.660. The highest BCUT2D eigenvalue weighted by molar-refractivity contribution is 4.50. The molecule has 0 aromatic heterocycles. The molecule has 62 valence electrons. The molecule has 1 atom stereocenters. The molecule has 0 rings (SSSR count). The van der Waals surface area contributed by atoms with E-state index in [1.54, 1.807) is 0 Å². The molecule has 1 unspecified atom stereocenters. The van der Waals surface area contributed by atoms with Crippen LogP contribution in [0.4, 0.5) is 0 Å². The Morgan fingerprint density at radius 3 is 2.30 bits per heavy atom. The van der Waals surface area contributed by atoms with Crippen molar-refractivity contribution in [2.75, 3.05) is 13.2 Å². The van der Waals surface area contributed by atoms with Crippen LogP contribution in [0, 0.1) is 5.92 Å². The van der Waals surface area contributed by atoms with E-state index >= 15 is 0 Å². The van der Waals surface area contributed by atoms with Crippen LogP contribution in [-0.2, 0) is 4.74 Å². The molecule has 2 nitrogen and oxygen atoms in total. The third kappa shape index (κ3) is 6.05.